The quantitative estimate of drug-likeness (QED) is 0.415. The molecule has 0 aliphatic carbocycles. The molecule has 0 aromatic heterocycles. The molecule has 1 unspecified atom stereocenters. The molecule has 3 nitrogen and oxygen atoms in total. The number of hydrogen-bond acceptors (Lipinski definition) is 3. The highest BCUT2D eigenvalue weighted by Gasteiger charge is 2.18. The molecule has 1 atom stereocenters. The van der Waals surface area contributed by atoms with Gasteiger partial charge in [-0.2, -0.15) is 0 Å². The maximum atomic E-state index is 11.6. The van der Waals surface area contributed by atoms with Crippen molar-refractivity contribution in [2.24, 2.45) is 0 Å². The van der Waals surface area contributed by atoms with Crippen molar-refractivity contribution in [2.75, 3.05) is 7.11 Å². The molecule has 0 saturated carbocycles. The highest BCUT2D eigenvalue weighted by Crippen LogP contribution is 2.09. The molecular formula is C15H20O3Si. The van der Waals surface area contributed by atoms with E-state index in [2.05, 4.69) is 18.7 Å². The molecule has 0 amide bonds. The van der Waals surface area contributed by atoms with Crippen molar-refractivity contribution in [1.82, 2.24) is 0 Å². The van der Waals surface area contributed by atoms with Gasteiger partial charge in [0.05, 0.1) is 0 Å². The lowest BCUT2D eigenvalue weighted by Crippen LogP contribution is -2.23. The third-order valence-electron chi connectivity index (χ3n) is 2.97. The smallest absolute Gasteiger partial charge is 0.223 e. The SMILES string of the molecule is C=C(C)C(=O)C(=O)CC[SiH](Cc1ccccc1)OC. The van der Waals surface area contributed by atoms with Crippen LogP contribution in [0, 0.1) is 0 Å². The van der Waals surface area contributed by atoms with Crippen LogP contribution in [0.2, 0.25) is 6.04 Å². The van der Waals surface area contributed by atoms with Gasteiger partial charge in [0.15, 0.2) is 9.04 Å². The molecule has 0 fully saturated rings. The third kappa shape index (κ3) is 5.32. The first-order valence-corrected chi connectivity index (χ1v) is 8.44. The zero-order valence-electron chi connectivity index (χ0n) is 11.5. The molecule has 0 bridgehead atoms. The van der Waals surface area contributed by atoms with Gasteiger partial charge in [0.2, 0.25) is 11.6 Å². The highest BCUT2D eigenvalue weighted by atomic mass is 28.3. The van der Waals surface area contributed by atoms with E-state index in [1.54, 1.807) is 14.0 Å². The van der Waals surface area contributed by atoms with Gasteiger partial charge in [-0.15, -0.1) is 0 Å². The number of allylic oxidation sites excluding steroid dienone is 1. The molecule has 1 aromatic rings. The van der Waals surface area contributed by atoms with Crippen molar-refractivity contribution in [3.8, 4) is 0 Å². The lowest BCUT2D eigenvalue weighted by atomic mass is 10.1. The number of hydrogen-bond donors (Lipinski definition) is 0. The molecule has 0 N–H and O–H groups in total. The second kappa shape index (κ2) is 7.81. The van der Waals surface area contributed by atoms with Crippen molar-refractivity contribution in [2.45, 2.75) is 25.4 Å². The van der Waals surface area contributed by atoms with Crippen LogP contribution in [0.3, 0.4) is 0 Å². The standard InChI is InChI=1S/C15H20O3Si/c1-12(2)15(17)14(16)9-10-19(18-3)11-13-7-5-4-6-8-13/h4-8,19H,1,9-11H2,2-3H3. The van der Waals surface area contributed by atoms with E-state index in [1.807, 2.05) is 18.2 Å². The Hall–Kier alpha value is -1.52. The van der Waals surface area contributed by atoms with Gasteiger partial charge < -0.3 is 4.43 Å². The van der Waals surface area contributed by atoms with E-state index in [0.29, 0.717) is 11.6 Å². The lowest BCUT2D eigenvalue weighted by Gasteiger charge is -2.12. The fourth-order valence-electron chi connectivity index (χ4n) is 1.82. The predicted octanol–water partition coefficient (Wildman–Crippen LogP) is 2.24. The van der Waals surface area contributed by atoms with Gasteiger partial charge in [-0.3, -0.25) is 9.59 Å². The summed E-state index contributed by atoms with van der Waals surface area (Å²) in [6.45, 7) is 5.07. The van der Waals surface area contributed by atoms with Gasteiger partial charge in [-0.1, -0.05) is 36.9 Å². The number of ketones is 2. The fraction of sp³-hybridized carbons (Fsp3) is 0.333. The summed E-state index contributed by atoms with van der Waals surface area (Å²) >= 11 is 0. The topological polar surface area (TPSA) is 43.4 Å². The molecule has 0 aliphatic heterocycles. The van der Waals surface area contributed by atoms with Crippen LogP contribution in [0.15, 0.2) is 42.5 Å². The minimum absolute atomic E-state index is 0.267. The Kier molecular flexibility index (Phi) is 6.39. The van der Waals surface area contributed by atoms with E-state index in [-0.39, 0.29) is 12.2 Å². The maximum Gasteiger partial charge on any atom is 0.223 e. The number of Topliss-reactive ketones (excluding diaryl/α,β-unsaturated/α-hetero) is 2. The minimum atomic E-state index is -1.47. The van der Waals surface area contributed by atoms with Gasteiger partial charge in [0.1, 0.15) is 0 Å². The van der Waals surface area contributed by atoms with Crippen molar-refractivity contribution in [3.05, 3.63) is 48.0 Å². The number of carbonyl (C=O) groups excluding carboxylic acids is 2. The van der Waals surface area contributed by atoms with E-state index in [9.17, 15) is 9.59 Å². The summed E-state index contributed by atoms with van der Waals surface area (Å²) in [5.41, 5.74) is 1.53. The van der Waals surface area contributed by atoms with Gasteiger partial charge >= 0.3 is 0 Å². The summed E-state index contributed by atoms with van der Waals surface area (Å²) in [4.78, 5) is 23.0. The Labute approximate surface area is 116 Å². The Balaban J connectivity index is 2.47. The molecular weight excluding hydrogens is 256 g/mol. The summed E-state index contributed by atoms with van der Waals surface area (Å²) < 4.78 is 5.50. The molecule has 1 rings (SSSR count). The van der Waals surface area contributed by atoms with Crippen molar-refractivity contribution in [1.29, 1.82) is 0 Å². The van der Waals surface area contributed by atoms with E-state index in [1.165, 1.54) is 5.56 Å². The summed E-state index contributed by atoms with van der Waals surface area (Å²) in [6.07, 6.45) is 0.267. The van der Waals surface area contributed by atoms with E-state index in [4.69, 9.17) is 4.43 Å². The molecule has 0 heterocycles. The number of carbonyl (C=O) groups is 2. The van der Waals surface area contributed by atoms with Crippen LogP contribution in [0.25, 0.3) is 0 Å². The Morgan fingerprint density at radius 2 is 1.89 bits per heavy atom. The largest absolute Gasteiger partial charge is 0.423 e. The van der Waals surface area contributed by atoms with Crippen LogP contribution in [0.5, 0.6) is 0 Å². The number of rotatable bonds is 8. The summed E-state index contributed by atoms with van der Waals surface area (Å²) in [6, 6.07) is 11.6. The van der Waals surface area contributed by atoms with Crippen LogP contribution in [-0.2, 0) is 20.1 Å². The average molecular weight is 276 g/mol. The van der Waals surface area contributed by atoms with Crippen molar-refractivity contribution < 1.29 is 14.0 Å². The summed E-state index contributed by atoms with van der Waals surface area (Å²) in [5, 5.41) is 0. The molecule has 0 aliphatic rings. The van der Waals surface area contributed by atoms with Gasteiger partial charge in [-0.05, 0) is 30.1 Å². The molecule has 19 heavy (non-hydrogen) atoms. The first-order chi connectivity index (χ1) is 9.04. The molecule has 0 saturated heterocycles. The van der Waals surface area contributed by atoms with Gasteiger partial charge in [0.25, 0.3) is 0 Å². The lowest BCUT2D eigenvalue weighted by molar-refractivity contribution is -0.134. The second-order valence-electron chi connectivity index (χ2n) is 4.62. The van der Waals surface area contributed by atoms with Gasteiger partial charge in [-0.25, -0.2) is 0 Å². The van der Waals surface area contributed by atoms with Crippen molar-refractivity contribution in [3.63, 3.8) is 0 Å². The molecule has 0 radical (unpaired) electrons. The Bertz CT molecular complexity index is 454. The fourth-order valence-corrected chi connectivity index (χ4v) is 3.81. The normalized spacial score (nSPS) is 11.9. The highest BCUT2D eigenvalue weighted by molar-refractivity contribution is 6.53. The summed E-state index contributed by atoms with van der Waals surface area (Å²) in [7, 11) is 0.214. The zero-order valence-corrected chi connectivity index (χ0v) is 12.7. The first kappa shape index (κ1) is 15.5. The Morgan fingerprint density at radius 1 is 1.26 bits per heavy atom. The third-order valence-corrected chi connectivity index (χ3v) is 5.50. The maximum absolute atomic E-state index is 11.6. The van der Waals surface area contributed by atoms with Crippen LogP contribution < -0.4 is 0 Å². The van der Waals surface area contributed by atoms with Crippen LogP contribution in [-0.4, -0.2) is 27.7 Å². The van der Waals surface area contributed by atoms with Crippen LogP contribution in [0.1, 0.15) is 18.9 Å². The predicted molar refractivity (Wildman–Crippen MR) is 78.6 cm³/mol. The number of benzene rings is 1. The van der Waals surface area contributed by atoms with E-state index < -0.39 is 14.8 Å². The molecule has 0 spiro atoms. The first-order valence-electron chi connectivity index (χ1n) is 6.34. The minimum Gasteiger partial charge on any atom is -0.423 e. The van der Waals surface area contributed by atoms with E-state index in [0.717, 1.165) is 6.04 Å². The molecule has 1 aromatic carbocycles. The summed E-state index contributed by atoms with van der Waals surface area (Å²) in [5.74, 6) is -0.807. The van der Waals surface area contributed by atoms with Crippen LogP contribution >= 0.6 is 0 Å². The van der Waals surface area contributed by atoms with Crippen LogP contribution in [0.4, 0.5) is 0 Å². The monoisotopic (exact) mass is 276 g/mol. The molecule has 102 valence electrons. The second-order valence-corrected chi connectivity index (χ2v) is 7.32. The Morgan fingerprint density at radius 3 is 2.42 bits per heavy atom. The van der Waals surface area contributed by atoms with E-state index >= 15 is 0 Å². The zero-order chi connectivity index (χ0) is 14.3. The molecule has 4 heteroatoms. The average Bonchev–Trinajstić information content (AvgIpc) is 2.43. The van der Waals surface area contributed by atoms with Crippen molar-refractivity contribution >= 4 is 20.6 Å². The van der Waals surface area contributed by atoms with Gasteiger partial charge in [0, 0.05) is 13.5 Å².